The van der Waals surface area contributed by atoms with E-state index < -0.39 is 35.7 Å². The number of carbonyl (C=O) groups is 3. The van der Waals surface area contributed by atoms with Crippen LogP contribution in [-0.4, -0.2) is 58.7 Å². The van der Waals surface area contributed by atoms with E-state index in [2.05, 4.69) is 5.32 Å². The number of hydroxylamine groups is 1. The average molecular weight is 384 g/mol. The summed E-state index contributed by atoms with van der Waals surface area (Å²) in [4.78, 5) is 38.2. The van der Waals surface area contributed by atoms with Gasteiger partial charge in [-0.2, -0.15) is 0 Å². The summed E-state index contributed by atoms with van der Waals surface area (Å²) in [5.41, 5.74) is 2.14. The number of nitrogens with zero attached hydrogens (tertiary/aromatic N) is 1. The van der Waals surface area contributed by atoms with Gasteiger partial charge in [0.25, 0.3) is 0 Å². The van der Waals surface area contributed by atoms with Crippen molar-refractivity contribution in [2.24, 2.45) is 5.92 Å². The van der Waals surface area contributed by atoms with Crippen molar-refractivity contribution in [3.63, 3.8) is 0 Å². The lowest BCUT2D eigenvalue weighted by Crippen LogP contribution is -2.58. The van der Waals surface area contributed by atoms with Crippen LogP contribution in [0.2, 0.25) is 5.02 Å². The van der Waals surface area contributed by atoms with Gasteiger partial charge in [-0.05, 0) is 24.1 Å². The maximum Gasteiger partial charge on any atom is 0.327 e. The Morgan fingerprint density at radius 3 is 2.54 bits per heavy atom. The molecule has 0 saturated carbocycles. The second kappa shape index (κ2) is 8.98. The number of benzene rings is 1. The van der Waals surface area contributed by atoms with Crippen molar-refractivity contribution in [2.45, 2.75) is 25.3 Å². The van der Waals surface area contributed by atoms with Crippen LogP contribution in [0.25, 0.3) is 0 Å². The molecule has 3 atom stereocenters. The first-order valence-electron chi connectivity index (χ1n) is 8.34. The van der Waals surface area contributed by atoms with Gasteiger partial charge in [0.05, 0.1) is 11.8 Å². The molecule has 8 nitrogen and oxygen atoms in total. The molecule has 0 aliphatic carbocycles. The topological polar surface area (TPSA) is 119 Å². The number of nitrogens with one attached hydrogen (secondary N) is 2. The van der Waals surface area contributed by atoms with E-state index in [0.29, 0.717) is 17.1 Å². The Morgan fingerprint density at radius 2 is 2.00 bits per heavy atom. The Kier molecular flexibility index (Phi) is 6.96. The lowest BCUT2D eigenvalue weighted by molar-refractivity contribution is -0.153. The molecule has 0 spiro atoms. The van der Waals surface area contributed by atoms with Crippen LogP contribution in [0.3, 0.4) is 0 Å². The molecule has 2 rings (SSSR count). The summed E-state index contributed by atoms with van der Waals surface area (Å²) in [5, 5.41) is 21.9. The zero-order chi connectivity index (χ0) is 19.3. The second-order valence-corrected chi connectivity index (χ2v) is 6.55. The maximum atomic E-state index is 13.3. The molecule has 1 fully saturated rings. The van der Waals surface area contributed by atoms with Crippen LogP contribution in [0.15, 0.2) is 24.3 Å². The Bertz CT molecular complexity index is 667. The molecule has 26 heavy (non-hydrogen) atoms. The van der Waals surface area contributed by atoms with Crippen LogP contribution in [0.5, 0.6) is 0 Å². The first kappa shape index (κ1) is 20.2. The third kappa shape index (κ3) is 4.32. The highest BCUT2D eigenvalue weighted by Crippen LogP contribution is 2.31. The largest absolute Gasteiger partial charge is 0.480 e. The first-order valence-corrected chi connectivity index (χ1v) is 8.71. The summed E-state index contributed by atoms with van der Waals surface area (Å²) < 4.78 is 0. The smallest absolute Gasteiger partial charge is 0.327 e. The van der Waals surface area contributed by atoms with Gasteiger partial charge in [-0.1, -0.05) is 30.7 Å². The van der Waals surface area contributed by atoms with Crippen molar-refractivity contribution >= 4 is 29.4 Å². The number of carboxylic acid groups (broad SMARTS) is 1. The fourth-order valence-corrected chi connectivity index (χ4v) is 3.37. The predicted octanol–water partition coefficient (Wildman–Crippen LogP) is 0.840. The SMILES string of the molecule is CC[C@H](C(=O)NO)[C@H](C(=O)N1CCNC[C@H]1C(=O)O)c1ccc(Cl)cc1. The third-order valence-corrected chi connectivity index (χ3v) is 4.85. The van der Waals surface area contributed by atoms with Crippen molar-refractivity contribution in [1.29, 1.82) is 0 Å². The van der Waals surface area contributed by atoms with Crippen molar-refractivity contribution < 1.29 is 24.7 Å². The molecule has 1 aliphatic rings. The van der Waals surface area contributed by atoms with Gasteiger partial charge in [-0.25, -0.2) is 10.3 Å². The maximum absolute atomic E-state index is 13.3. The van der Waals surface area contributed by atoms with Crippen LogP contribution in [0.4, 0.5) is 0 Å². The molecule has 1 aliphatic heterocycles. The highest BCUT2D eigenvalue weighted by molar-refractivity contribution is 6.30. The van der Waals surface area contributed by atoms with E-state index in [1.54, 1.807) is 36.7 Å². The molecular weight excluding hydrogens is 362 g/mol. The highest BCUT2D eigenvalue weighted by Gasteiger charge is 2.41. The Balaban J connectivity index is 2.44. The average Bonchev–Trinajstić information content (AvgIpc) is 2.65. The monoisotopic (exact) mass is 383 g/mol. The number of halogens is 1. The number of amides is 2. The number of piperazine rings is 1. The van der Waals surface area contributed by atoms with E-state index in [1.807, 2.05) is 0 Å². The number of hydrogen-bond donors (Lipinski definition) is 4. The van der Waals surface area contributed by atoms with Crippen molar-refractivity contribution in [1.82, 2.24) is 15.7 Å². The van der Waals surface area contributed by atoms with Gasteiger partial charge in [-0.3, -0.25) is 14.8 Å². The summed E-state index contributed by atoms with van der Waals surface area (Å²) in [7, 11) is 0. The number of rotatable bonds is 6. The second-order valence-electron chi connectivity index (χ2n) is 6.11. The van der Waals surface area contributed by atoms with Gasteiger partial charge in [0.2, 0.25) is 11.8 Å². The van der Waals surface area contributed by atoms with Crippen LogP contribution in [-0.2, 0) is 14.4 Å². The first-order chi connectivity index (χ1) is 12.4. The molecule has 0 aromatic heterocycles. The number of carbonyl (C=O) groups excluding carboxylic acids is 2. The quantitative estimate of drug-likeness (QED) is 0.427. The number of aliphatic carboxylic acids is 1. The van der Waals surface area contributed by atoms with Gasteiger partial charge < -0.3 is 15.3 Å². The molecule has 1 heterocycles. The highest BCUT2D eigenvalue weighted by atomic mass is 35.5. The minimum atomic E-state index is -1.11. The summed E-state index contributed by atoms with van der Waals surface area (Å²) >= 11 is 5.91. The summed E-state index contributed by atoms with van der Waals surface area (Å²) in [6, 6.07) is 5.47. The summed E-state index contributed by atoms with van der Waals surface area (Å²) in [6.45, 7) is 2.54. The van der Waals surface area contributed by atoms with Crippen molar-refractivity contribution in [2.75, 3.05) is 19.6 Å². The minimum Gasteiger partial charge on any atom is -0.480 e. The van der Waals surface area contributed by atoms with E-state index in [9.17, 15) is 19.5 Å². The number of carboxylic acids is 1. The lowest BCUT2D eigenvalue weighted by atomic mass is 9.82. The Morgan fingerprint density at radius 1 is 1.35 bits per heavy atom. The van der Waals surface area contributed by atoms with Gasteiger partial charge in [0, 0.05) is 24.7 Å². The Labute approximate surface area is 156 Å². The summed E-state index contributed by atoms with van der Waals surface area (Å²) in [6.07, 6.45) is 0.287. The van der Waals surface area contributed by atoms with Crippen LogP contribution < -0.4 is 10.8 Å². The van der Waals surface area contributed by atoms with Gasteiger partial charge in [0.15, 0.2) is 0 Å². The molecular formula is C17H22ClN3O5. The van der Waals surface area contributed by atoms with Crippen molar-refractivity contribution in [3.8, 4) is 0 Å². The minimum absolute atomic E-state index is 0.136. The molecule has 2 amide bonds. The Hall–Kier alpha value is -2.16. The zero-order valence-corrected chi connectivity index (χ0v) is 15.1. The molecule has 142 valence electrons. The molecule has 4 N–H and O–H groups in total. The number of hydrogen-bond acceptors (Lipinski definition) is 5. The fraction of sp³-hybridized carbons (Fsp3) is 0.471. The summed E-state index contributed by atoms with van der Waals surface area (Å²) in [5.74, 6) is -4.04. The van der Waals surface area contributed by atoms with Crippen molar-refractivity contribution in [3.05, 3.63) is 34.9 Å². The van der Waals surface area contributed by atoms with Crippen LogP contribution in [0.1, 0.15) is 24.8 Å². The zero-order valence-electron chi connectivity index (χ0n) is 14.3. The molecule has 1 aromatic carbocycles. The van der Waals surface area contributed by atoms with E-state index in [4.69, 9.17) is 16.8 Å². The van der Waals surface area contributed by atoms with Crippen LogP contribution in [0, 0.1) is 5.92 Å². The third-order valence-electron chi connectivity index (χ3n) is 4.60. The molecule has 1 aromatic rings. The standard InChI is InChI=1S/C17H22ClN3O5/c1-2-12(15(22)20-26)14(10-3-5-11(18)6-4-10)16(23)21-8-7-19-9-13(21)17(24)25/h3-6,12-14,19,26H,2,7-9H2,1H3,(H,20,22)(H,24,25)/t12-,13-,14+/m0/s1. The van der Waals surface area contributed by atoms with E-state index >= 15 is 0 Å². The molecule has 1 saturated heterocycles. The predicted molar refractivity (Wildman–Crippen MR) is 93.9 cm³/mol. The molecule has 0 unspecified atom stereocenters. The molecule has 0 bridgehead atoms. The lowest BCUT2D eigenvalue weighted by Gasteiger charge is -2.37. The molecule has 0 radical (unpaired) electrons. The normalized spacial score (nSPS) is 19.5. The van der Waals surface area contributed by atoms with Gasteiger partial charge in [0.1, 0.15) is 6.04 Å². The van der Waals surface area contributed by atoms with E-state index in [0.717, 1.165) is 0 Å². The van der Waals surface area contributed by atoms with Gasteiger partial charge >= 0.3 is 5.97 Å². The van der Waals surface area contributed by atoms with Crippen LogP contribution >= 0.6 is 11.6 Å². The van der Waals surface area contributed by atoms with Gasteiger partial charge in [-0.15, -0.1) is 0 Å². The fourth-order valence-electron chi connectivity index (χ4n) is 3.24. The van der Waals surface area contributed by atoms with E-state index in [1.165, 1.54) is 4.90 Å². The molecule has 9 heteroatoms. The van der Waals surface area contributed by atoms with E-state index in [-0.39, 0.29) is 19.5 Å².